The van der Waals surface area contributed by atoms with Crippen molar-refractivity contribution in [2.45, 2.75) is 40.2 Å². The largest absolute Gasteiger partial charge is 0.357 e. The van der Waals surface area contributed by atoms with Gasteiger partial charge in [0.2, 0.25) is 0 Å². The molecule has 0 atom stereocenters. The molecule has 1 aliphatic heterocycles. The zero-order valence-corrected chi connectivity index (χ0v) is 15.1. The van der Waals surface area contributed by atoms with Gasteiger partial charge in [-0.1, -0.05) is 13.0 Å². The number of hydrogen-bond acceptors (Lipinski definition) is 4. The van der Waals surface area contributed by atoms with Crippen LogP contribution in [0.25, 0.3) is 0 Å². The van der Waals surface area contributed by atoms with Gasteiger partial charge >= 0.3 is 6.03 Å². The Kier molecular flexibility index (Phi) is 5.21. The Morgan fingerprint density at radius 2 is 2.08 bits per heavy atom. The van der Waals surface area contributed by atoms with E-state index in [1.54, 1.807) is 0 Å². The first-order valence-electron chi connectivity index (χ1n) is 8.79. The number of amides is 2. The van der Waals surface area contributed by atoms with E-state index in [1.807, 2.05) is 32.2 Å². The fourth-order valence-corrected chi connectivity index (χ4v) is 3.02. The Bertz CT molecular complexity index is 696. The minimum atomic E-state index is -0.248. The molecular weight excluding hydrogens is 316 g/mol. The molecule has 0 saturated carbocycles. The van der Waals surface area contributed by atoms with E-state index in [0.717, 1.165) is 47.5 Å². The summed E-state index contributed by atoms with van der Waals surface area (Å²) < 4.78 is 0. The van der Waals surface area contributed by atoms with Gasteiger partial charge in [0.15, 0.2) is 0 Å². The minimum absolute atomic E-state index is 0.248. The van der Waals surface area contributed by atoms with Crippen LogP contribution in [0, 0.1) is 19.8 Å². The van der Waals surface area contributed by atoms with Crippen LogP contribution in [0.1, 0.15) is 36.7 Å². The lowest BCUT2D eigenvalue weighted by atomic mass is 9.99. The van der Waals surface area contributed by atoms with Gasteiger partial charge in [-0.25, -0.2) is 9.78 Å². The average Bonchev–Trinajstić information content (AvgIpc) is 2.93. The number of anilines is 2. The summed E-state index contributed by atoms with van der Waals surface area (Å²) in [5.41, 5.74) is 3.32. The standard InChI is InChI=1S/C18H26N6O/c1-12-6-8-24(9-7-12)16-5-4-15(10-19-16)11-20-18(25)21-17-13(2)22-23-14(17)3/h4-5,10,12H,6-9,11H2,1-3H3,(H,22,23)(H2,20,21,25). The van der Waals surface area contributed by atoms with Gasteiger partial charge in [-0.3, -0.25) is 5.10 Å². The number of pyridine rings is 1. The second kappa shape index (κ2) is 7.55. The molecule has 3 heterocycles. The first kappa shape index (κ1) is 17.3. The van der Waals surface area contributed by atoms with E-state index in [-0.39, 0.29) is 6.03 Å². The molecule has 3 rings (SSSR count). The molecule has 1 fully saturated rings. The molecule has 3 N–H and O–H groups in total. The summed E-state index contributed by atoms with van der Waals surface area (Å²) in [4.78, 5) is 18.9. The van der Waals surface area contributed by atoms with E-state index >= 15 is 0 Å². The molecule has 2 aromatic rings. The molecule has 7 heteroatoms. The number of urea groups is 1. The van der Waals surface area contributed by atoms with Gasteiger partial charge in [0, 0.05) is 25.8 Å². The van der Waals surface area contributed by atoms with Crippen LogP contribution >= 0.6 is 0 Å². The molecule has 0 unspecified atom stereocenters. The van der Waals surface area contributed by atoms with Crippen LogP contribution in [0.4, 0.5) is 16.3 Å². The Balaban J connectivity index is 1.51. The third-order valence-corrected chi connectivity index (χ3v) is 4.74. The normalized spacial score (nSPS) is 15.2. The zero-order valence-electron chi connectivity index (χ0n) is 15.1. The lowest BCUT2D eigenvalue weighted by Gasteiger charge is -2.31. The number of aryl methyl sites for hydroxylation is 2. The average molecular weight is 342 g/mol. The van der Waals surface area contributed by atoms with Crippen molar-refractivity contribution in [2.75, 3.05) is 23.3 Å². The maximum Gasteiger partial charge on any atom is 0.319 e. The molecule has 2 amide bonds. The Morgan fingerprint density at radius 1 is 1.32 bits per heavy atom. The number of carbonyl (C=O) groups excluding carboxylic acids is 1. The molecule has 134 valence electrons. The molecule has 2 aromatic heterocycles. The van der Waals surface area contributed by atoms with Gasteiger partial charge in [-0.15, -0.1) is 0 Å². The van der Waals surface area contributed by atoms with Gasteiger partial charge in [-0.2, -0.15) is 5.10 Å². The van der Waals surface area contributed by atoms with E-state index in [1.165, 1.54) is 12.8 Å². The van der Waals surface area contributed by atoms with E-state index in [9.17, 15) is 4.79 Å². The second-order valence-corrected chi connectivity index (χ2v) is 6.81. The summed E-state index contributed by atoms with van der Waals surface area (Å²) in [6.45, 7) is 8.60. The number of carbonyl (C=O) groups is 1. The minimum Gasteiger partial charge on any atom is -0.357 e. The van der Waals surface area contributed by atoms with Crippen LogP contribution in [0.2, 0.25) is 0 Å². The lowest BCUT2D eigenvalue weighted by Crippen LogP contribution is -2.33. The monoisotopic (exact) mass is 342 g/mol. The molecule has 25 heavy (non-hydrogen) atoms. The van der Waals surface area contributed by atoms with Crippen molar-refractivity contribution in [3.8, 4) is 0 Å². The summed E-state index contributed by atoms with van der Waals surface area (Å²) in [5.74, 6) is 1.82. The van der Waals surface area contributed by atoms with Crippen LogP contribution in [-0.4, -0.2) is 34.3 Å². The molecule has 0 spiro atoms. The van der Waals surface area contributed by atoms with Gasteiger partial charge < -0.3 is 15.5 Å². The first-order valence-corrected chi connectivity index (χ1v) is 8.79. The summed E-state index contributed by atoms with van der Waals surface area (Å²) in [7, 11) is 0. The van der Waals surface area contributed by atoms with E-state index in [2.05, 4.69) is 37.6 Å². The van der Waals surface area contributed by atoms with Crippen molar-refractivity contribution >= 4 is 17.5 Å². The molecule has 1 saturated heterocycles. The highest BCUT2D eigenvalue weighted by Crippen LogP contribution is 2.21. The molecule has 0 aliphatic carbocycles. The maximum absolute atomic E-state index is 12.0. The lowest BCUT2D eigenvalue weighted by molar-refractivity contribution is 0.251. The first-order chi connectivity index (χ1) is 12.0. The highest BCUT2D eigenvalue weighted by molar-refractivity contribution is 5.90. The number of piperidine rings is 1. The molecule has 0 bridgehead atoms. The highest BCUT2D eigenvalue weighted by Gasteiger charge is 2.16. The Morgan fingerprint density at radius 3 is 2.68 bits per heavy atom. The highest BCUT2D eigenvalue weighted by atomic mass is 16.2. The van der Waals surface area contributed by atoms with Crippen molar-refractivity contribution in [3.05, 3.63) is 35.3 Å². The fraction of sp³-hybridized carbons (Fsp3) is 0.500. The summed E-state index contributed by atoms with van der Waals surface area (Å²) in [6.07, 6.45) is 4.28. The molecular formula is C18H26N6O. The van der Waals surface area contributed by atoms with Gasteiger partial charge in [0.1, 0.15) is 5.82 Å². The third kappa shape index (κ3) is 4.29. The Labute approximate surface area is 148 Å². The van der Waals surface area contributed by atoms with Crippen LogP contribution < -0.4 is 15.5 Å². The quantitative estimate of drug-likeness (QED) is 0.797. The molecule has 0 radical (unpaired) electrons. The van der Waals surface area contributed by atoms with Crippen molar-refractivity contribution < 1.29 is 4.79 Å². The predicted molar refractivity (Wildman–Crippen MR) is 98.8 cm³/mol. The zero-order chi connectivity index (χ0) is 17.8. The number of nitrogens with zero attached hydrogens (tertiary/aromatic N) is 3. The van der Waals surface area contributed by atoms with E-state index in [4.69, 9.17) is 0 Å². The van der Waals surface area contributed by atoms with Crippen LogP contribution in [-0.2, 0) is 6.54 Å². The number of aromatic nitrogens is 3. The van der Waals surface area contributed by atoms with Crippen molar-refractivity contribution in [2.24, 2.45) is 5.92 Å². The number of aromatic amines is 1. The summed E-state index contributed by atoms with van der Waals surface area (Å²) in [6, 6.07) is 3.81. The SMILES string of the molecule is Cc1n[nH]c(C)c1NC(=O)NCc1ccc(N2CCC(C)CC2)nc1. The third-order valence-electron chi connectivity index (χ3n) is 4.74. The van der Waals surface area contributed by atoms with Crippen molar-refractivity contribution in [3.63, 3.8) is 0 Å². The Hall–Kier alpha value is -2.57. The topological polar surface area (TPSA) is 85.9 Å². The smallest absolute Gasteiger partial charge is 0.319 e. The number of nitrogens with one attached hydrogen (secondary N) is 3. The molecule has 1 aliphatic rings. The van der Waals surface area contributed by atoms with E-state index in [0.29, 0.717) is 6.54 Å². The summed E-state index contributed by atoms with van der Waals surface area (Å²) >= 11 is 0. The van der Waals surface area contributed by atoms with Crippen LogP contribution in [0.3, 0.4) is 0 Å². The van der Waals surface area contributed by atoms with Gasteiger partial charge in [-0.05, 0) is 44.2 Å². The predicted octanol–water partition coefficient (Wildman–Crippen LogP) is 2.98. The number of rotatable bonds is 4. The van der Waals surface area contributed by atoms with E-state index < -0.39 is 0 Å². The van der Waals surface area contributed by atoms with Gasteiger partial charge in [0.05, 0.1) is 17.1 Å². The number of hydrogen-bond donors (Lipinski definition) is 3. The number of H-pyrrole nitrogens is 1. The molecule has 0 aromatic carbocycles. The van der Waals surface area contributed by atoms with Crippen molar-refractivity contribution in [1.82, 2.24) is 20.5 Å². The van der Waals surface area contributed by atoms with Gasteiger partial charge in [0.25, 0.3) is 0 Å². The second-order valence-electron chi connectivity index (χ2n) is 6.81. The van der Waals surface area contributed by atoms with Crippen LogP contribution in [0.15, 0.2) is 18.3 Å². The molecule has 7 nitrogen and oxygen atoms in total. The van der Waals surface area contributed by atoms with Crippen LogP contribution in [0.5, 0.6) is 0 Å². The van der Waals surface area contributed by atoms with Crippen molar-refractivity contribution in [1.29, 1.82) is 0 Å². The summed E-state index contributed by atoms with van der Waals surface area (Å²) in [5, 5.41) is 12.6. The maximum atomic E-state index is 12.0. The fourth-order valence-electron chi connectivity index (χ4n) is 3.02.